The fourth-order valence-electron chi connectivity index (χ4n) is 5.39. The van der Waals surface area contributed by atoms with Crippen molar-refractivity contribution in [1.82, 2.24) is 9.80 Å². The zero-order valence-electron chi connectivity index (χ0n) is 22.4. The highest BCUT2D eigenvalue weighted by Gasteiger charge is 2.32. The van der Waals surface area contributed by atoms with Gasteiger partial charge < -0.3 is 9.80 Å². The molecule has 0 saturated heterocycles. The van der Waals surface area contributed by atoms with Gasteiger partial charge in [-0.25, -0.2) is 0 Å². The molecule has 0 saturated carbocycles. The Kier molecular flexibility index (Phi) is 10.1. The molecule has 0 fully saturated rings. The average molecular weight is 765 g/mol. The predicted molar refractivity (Wildman–Crippen MR) is 182 cm³/mol. The molecule has 0 unspecified atom stereocenters. The molecule has 0 bridgehead atoms. The summed E-state index contributed by atoms with van der Waals surface area (Å²) in [7, 11) is 0. The Balaban J connectivity index is 0.000000168. The van der Waals surface area contributed by atoms with Gasteiger partial charge in [-0.2, -0.15) is 0 Å². The molecule has 0 aliphatic carbocycles. The van der Waals surface area contributed by atoms with E-state index in [9.17, 15) is 9.59 Å². The molecule has 42 heavy (non-hydrogen) atoms. The predicted octanol–water partition coefficient (Wildman–Crippen LogP) is 9.65. The number of halogens is 4. The summed E-state index contributed by atoms with van der Waals surface area (Å²) in [5.74, 6) is 0.205. The Morgan fingerprint density at radius 2 is 1.12 bits per heavy atom. The van der Waals surface area contributed by atoms with Gasteiger partial charge in [0.15, 0.2) is 0 Å². The van der Waals surface area contributed by atoms with Crippen LogP contribution in [0.1, 0.15) is 43.8 Å². The lowest BCUT2D eigenvalue weighted by molar-refractivity contribution is -0.127. The minimum atomic E-state index is -0.0416. The van der Waals surface area contributed by atoms with Gasteiger partial charge in [0.25, 0.3) is 0 Å². The van der Waals surface area contributed by atoms with Crippen LogP contribution in [0.2, 0.25) is 8.67 Å². The van der Waals surface area contributed by atoms with Gasteiger partial charge in [-0.1, -0.05) is 105 Å². The van der Waals surface area contributed by atoms with Crippen molar-refractivity contribution in [1.29, 1.82) is 0 Å². The largest absolute Gasteiger partial charge is 0.334 e. The Morgan fingerprint density at radius 3 is 1.48 bits per heavy atom. The first kappa shape index (κ1) is 31.2. The monoisotopic (exact) mass is 762 g/mol. The first-order valence-electron chi connectivity index (χ1n) is 13.1. The standard InChI is InChI=1S/2C16H13BrClNOS/c2*1-2-15(20)19-8-10-7-14(18)21-16(10)12(9-19)11-5-3-4-6-13(11)17/h2*2-7,12H,1,8-9H2/t2*12-/m10/s1. The van der Waals surface area contributed by atoms with E-state index >= 15 is 0 Å². The number of nitrogens with zero attached hydrogens (tertiary/aromatic N) is 2. The number of hydrogen-bond acceptors (Lipinski definition) is 4. The molecule has 4 heterocycles. The van der Waals surface area contributed by atoms with Crippen LogP contribution in [0.4, 0.5) is 0 Å². The van der Waals surface area contributed by atoms with E-state index in [0.717, 1.165) is 28.7 Å². The minimum absolute atomic E-state index is 0.0416. The number of carbonyl (C=O) groups excluding carboxylic acids is 2. The van der Waals surface area contributed by atoms with Crippen LogP contribution in [0.15, 0.2) is 94.9 Å². The van der Waals surface area contributed by atoms with Crippen molar-refractivity contribution in [2.24, 2.45) is 0 Å². The van der Waals surface area contributed by atoms with E-state index < -0.39 is 0 Å². The third-order valence-electron chi connectivity index (χ3n) is 7.32. The highest BCUT2D eigenvalue weighted by molar-refractivity contribution is 9.10. The number of thiophene rings is 2. The molecule has 2 amide bonds. The van der Waals surface area contributed by atoms with Crippen molar-refractivity contribution < 1.29 is 9.59 Å². The van der Waals surface area contributed by atoms with Gasteiger partial charge in [0.05, 0.1) is 8.67 Å². The normalized spacial score (nSPS) is 17.4. The Labute approximate surface area is 280 Å². The summed E-state index contributed by atoms with van der Waals surface area (Å²) in [5.41, 5.74) is 4.62. The quantitative estimate of drug-likeness (QED) is 0.194. The molecule has 6 rings (SSSR count). The zero-order chi connectivity index (χ0) is 30.0. The van der Waals surface area contributed by atoms with Crippen molar-refractivity contribution in [2.75, 3.05) is 13.1 Å². The van der Waals surface area contributed by atoms with Gasteiger partial charge in [0.2, 0.25) is 11.8 Å². The van der Waals surface area contributed by atoms with Crippen molar-refractivity contribution >= 4 is 89.5 Å². The van der Waals surface area contributed by atoms with Gasteiger partial charge >= 0.3 is 0 Å². The topological polar surface area (TPSA) is 40.6 Å². The average Bonchev–Trinajstić information content (AvgIpc) is 3.56. The van der Waals surface area contributed by atoms with Gasteiger partial charge in [0, 0.05) is 56.7 Å². The number of amides is 2. The van der Waals surface area contributed by atoms with E-state index in [0.29, 0.717) is 26.2 Å². The molecular weight excluding hydrogens is 739 g/mol. The van der Waals surface area contributed by atoms with E-state index in [4.69, 9.17) is 23.2 Å². The Hall–Kier alpha value is -2.20. The zero-order valence-corrected chi connectivity index (χ0v) is 28.7. The number of carbonyl (C=O) groups is 2. The lowest BCUT2D eigenvalue weighted by atomic mass is 9.91. The molecular formula is C32H26Br2Cl2N2O2S2. The summed E-state index contributed by atoms with van der Waals surface area (Å²) in [6.07, 6.45) is 2.74. The van der Waals surface area contributed by atoms with Crippen LogP contribution < -0.4 is 0 Å². The summed E-state index contributed by atoms with van der Waals surface area (Å²) in [6.45, 7) is 9.68. The van der Waals surface area contributed by atoms with Crippen LogP contribution >= 0.6 is 77.7 Å². The van der Waals surface area contributed by atoms with Crippen LogP contribution in [0.25, 0.3) is 0 Å². The fraction of sp³-hybridized carbons (Fsp3) is 0.188. The highest BCUT2D eigenvalue weighted by Crippen LogP contribution is 2.44. The molecule has 4 aromatic rings. The second-order valence-electron chi connectivity index (χ2n) is 9.87. The second kappa shape index (κ2) is 13.6. The number of hydrogen-bond donors (Lipinski definition) is 0. The molecule has 4 nitrogen and oxygen atoms in total. The van der Waals surface area contributed by atoms with Crippen molar-refractivity contribution in [2.45, 2.75) is 24.9 Å². The van der Waals surface area contributed by atoms with Crippen LogP contribution in [-0.2, 0) is 22.7 Å². The first-order chi connectivity index (χ1) is 20.2. The van der Waals surface area contributed by atoms with E-state index in [1.807, 2.05) is 58.3 Å². The van der Waals surface area contributed by atoms with Crippen LogP contribution in [0, 0.1) is 0 Å². The van der Waals surface area contributed by atoms with Crippen molar-refractivity contribution in [3.63, 3.8) is 0 Å². The van der Waals surface area contributed by atoms with E-state index in [1.165, 1.54) is 33.0 Å². The number of benzene rings is 2. The number of rotatable bonds is 4. The number of fused-ring (bicyclic) bond motifs is 2. The minimum Gasteiger partial charge on any atom is -0.334 e. The van der Waals surface area contributed by atoms with E-state index in [-0.39, 0.29) is 23.7 Å². The third kappa shape index (κ3) is 6.64. The molecule has 0 N–H and O–H groups in total. The SMILES string of the molecule is C=CC(=O)N1Cc2cc(Cl)sc2[C@@H](c2ccccc2Br)C1.C=CC(=O)N1Cc2cc(Cl)sc2[C@H](c2ccccc2Br)C1. The summed E-state index contributed by atoms with van der Waals surface area (Å²) >= 11 is 22.8. The van der Waals surface area contributed by atoms with Crippen LogP contribution in [-0.4, -0.2) is 34.7 Å². The molecule has 0 radical (unpaired) electrons. The van der Waals surface area contributed by atoms with E-state index in [2.05, 4.69) is 57.2 Å². The molecule has 2 aliphatic rings. The Morgan fingerprint density at radius 1 is 0.738 bits per heavy atom. The molecule has 2 aliphatic heterocycles. The molecule has 2 aromatic heterocycles. The molecule has 2 atom stereocenters. The van der Waals surface area contributed by atoms with Crippen molar-refractivity contribution in [3.05, 3.63) is 136 Å². The Bertz CT molecular complexity index is 1550. The summed E-state index contributed by atoms with van der Waals surface area (Å²) in [6, 6.07) is 20.2. The maximum atomic E-state index is 12.0. The van der Waals surface area contributed by atoms with Gasteiger partial charge in [-0.05, 0) is 58.7 Å². The molecule has 2 aromatic carbocycles. The van der Waals surface area contributed by atoms with Gasteiger partial charge in [-0.3, -0.25) is 9.59 Å². The highest BCUT2D eigenvalue weighted by atomic mass is 79.9. The summed E-state index contributed by atoms with van der Waals surface area (Å²) in [5, 5.41) is 0. The fourth-order valence-corrected chi connectivity index (χ4v) is 9.29. The van der Waals surface area contributed by atoms with Gasteiger partial charge in [-0.15, -0.1) is 22.7 Å². The maximum absolute atomic E-state index is 12.0. The van der Waals surface area contributed by atoms with Crippen molar-refractivity contribution in [3.8, 4) is 0 Å². The van der Waals surface area contributed by atoms with Crippen LogP contribution in [0.3, 0.4) is 0 Å². The van der Waals surface area contributed by atoms with Gasteiger partial charge in [0.1, 0.15) is 0 Å². The summed E-state index contributed by atoms with van der Waals surface area (Å²) < 4.78 is 3.65. The van der Waals surface area contributed by atoms with E-state index in [1.54, 1.807) is 22.7 Å². The first-order valence-corrected chi connectivity index (χ1v) is 17.0. The summed E-state index contributed by atoms with van der Waals surface area (Å²) in [4.78, 5) is 30.2. The smallest absolute Gasteiger partial charge is 0.246 e. The molecule has 10 heteroatoms. The molecule has 0 spiro atoms. The molecule has 216 valence electrons. The lowest BCUT2D eigenvalue weighted by Gasteiger charge is -2.32. The lowest BCUT2D eigenvalue weighted by Crippen LogP contribution is -2.37. The third-order valence-corrected chi connectivity index (χ3v) is 11.6. The van der Waals surface area contributed by atoms with Crippen LogP contribution in [0.5, 0.6) is 0 Å². The second-order valence-corrected chi connectivity index (χ2v) is 15.0. The maximum Gasteiger partial charge on any atom is 0.246 e.